The van der Waals surface area contributed by atoms with Gasteiger partial charge in [0.15, 0.2) is 9.84 Å². The molecule has 0 radical (unpaired) electrons. The Morgan fingerprint density at radius 1 is 1.43 bits per heavy atom. The van der Waals surface area contributed by atoms with Crippen LogP contribution in [0.2, 0.25) is 0 Å². The van der Waals surface area contributed by atoms with Gasteiger partial charge in [-0.15, -0.1) is 0 Å². The molecule has 1 aromatic heterocycles. The van der Waals surface area contributed by atoms with Crippen molar-refractivity contribution in [3.05, 3.63) is 24.2 Å². The number of hydrazone groups is 1. The van der Waals surface area contributed by atoms with Crippen molar-refractivity contribution in [2.45, 2.75) is 31.8 Å². The fourth-order valence-corrected chi connectivity index (χ4v) is 4.36. The molecule has 1 aromatic rings. The molecule has 3 heterocycles. The van der Waals surface area contributed by atoms with E-state index in [1.165, 1.54) is 11.3 Å². The molecule has 1 atom stereocenters. The molecule has 2 aliphatic rings. The van der Waals surface area contributed by atoms with Crippen LogP contribution in [0.3, 0.4) is 0 Å². The predicted molar refractivity (Wildman–Crippen MR) is 81.1 cm³/mol. The van der Waals surface area contributed by atoms with Crippen LogP contribution in [0.4, 0.5) is 0 Å². The molecule has 8 nitrogen and oxygen atoms in total. The van der Waals surface area contributed by atoms with Gasteiger partial charge in [0.1, 0.15) is 11.5 Å². The van der Waals surface area contributed by atoms with E-state index >= 15 is 0 Å². The van der Waals surface area contributed by atoms with Gasteiger partial charge < -0.3 is 9.73 Å². The summed E-state index contributed by atoms with van der Waals surface area (Å²) < 4.78 is 28.3. The highest BCUT2D eigenvalue weighted by atomic mass is 32.2. The number of nitrogens with one attached hydrogen (secondary N) is 1. The Kier molecular flexibility index (Phi) is 4.20. The number of nitrogens with zero attached hydrogens (tertiary/aromatic N) is 2. The first-order valence-corrected chi connectivity index (χ1v) is 9.17. The molecule has 9 heteroatoms. The molecule has 0 aliphatic carbocycles. The molecule has 0 unspecified atom stereocenters. The number of carbonyl (C=O) groups excluding carboxylic acids is 2. The molecule has 124 valence electrons. The van der Waals surface area contributed by atoms with Gasteiger partial charge in [0, 0.05) is 12.8 Å². The molecular formula is C14H17N3O5S. The monoisotopic (exact) mass is 339 g/mol. The van der Waals surface area contributed by atoms with Crippen molar-refractivity contribution in [3.8, 4) is 0 Å². The average Bonchev–Trinajstić information content (AvgIpc) is 3.14. The summed E-state index contributed by atoms with van der Waals surface area (Å²) in [7, 11) is -3.12. The van der Waals surface area contributed by atoms with Gasteiger partial charge in [-0.3, -0.25) is 9.59 Å². The fraction of sp³-hybridized carbons (Fsp3) is 0.500. The second kappa shape index (κ2) is 6.15. The maximum absolute atomic E-state index is 12.1. The number of sulfone groups is 1. The first kappa shape index (κ1) is 15.7. The minimum Gasteiger partial charge on any atom is -0.467 e. The summed E-state index contributed by atoms with van der Waals surface area (Å²) in [6.07, 6.45) is 2.28. The maximum atomic E-state index is 12.1. The van der Waals surface area contributed by atoms with E-state index in [0.29, 0.717) is 12.2 Å². The van der Waals surface area contributed by atoms with E-state index in [2.05, 4.69) is 10.4 Å². The van der Waals surface area contributed by atoms with E-state index < -0.39 is 15.9 Å². The Morgan fingerprint density at radius 3 is 2.91 bits per heavy atom. The largest absolute Gasteiger partial charge is 0.467 e. The van der Waals surface area contributed by atoms with E-state index in [4.69, 9.17) is 4.42 Å². The second-order valence-electron chi connectivity index (χ2n) is 5.60. The van der Waals surface area contributed by atoms with Crippen LogP contribution in [0.25, 0.3) is 0 Å². The van der Waals surface area contributed by atoms with Crippen LogP contribution in [0.1, 0.15) is 25.0 Å². The van der Waals surface area contributed by atoms with Crippen molar-refractivity contribution in [2.75, 3.05) is 11.5 Å². The van der Waals surface area contributed by atoms with E-state index in [9.17, 15) is 18.0 Å². The van der Waals surface area contributed by atoms with Crippen molar-refractivity contribution in [1.29, 1.82) is 0 Å². The van der Waals surface area contributed by atoms with Gasteiger partial charge in [-0.1, -0.05) is 0 Å². The number of amides is 2. The minimum atomic E-state index is -3.12. The normalized spacial score (nSPS) is 23.7. The number of hydrogen-bond acceptors (Lipinski definition) is 6. The molecule has 0 aromatic carbocycles. The molecule has 3 rings (SSSR count). The number of carbonyl (C=O) groups is 2. The van der Waals surface area contributed by atoms with Gasteiger partial charge in [-0.2, -0.15) is 5.10 Å². The van der Waals surface area contributed by atoms with E-state index in [1.54, 1.807) is 12.1 Å². The topological polar surface area (TPSA) is 109 Å². The molecule has 1 N–H and O–H groups in total. The fourth-order valence-electron chi connectivity index (χ4n) is 2.67. The third-order valence-corrected chi connectivity index (χ3v) is 5.63. The van der Waals surface area contributed by atoms with Gasteiger partial charge in [-0.05, 0) is 18.6 Å². The highest BCUT2D eigenvalue weighted by molar-refractivity contribution is 7.91. The molecule has 0 bridgehead atoms. The van der Waals surface area contributed by atoms with Gasteiger partial charge in [0.2, 0.25) is 5.91 Å². The lowest BCUT2D eigenvalue weighted by Gasteiger charge is -2.27. The highest BCUT2D eigenvalue weighted by Crippen LogP contribution is 2.22. The zero-order valence-electron chi connectivity index (χ0n) is 12.4. The molecular weight excluding hydrogens is 322 g/mol. The summed E-state index contributed by atoms with van der Waals surface area (Å²) >= 11 is 0. The Labute approximate surface area is 133 Å². The first-order valence-electron chi connectivity index (χ1n) is 7.35. The first-order chi connectivity index (χ1) is 10.9. The zero-order valence-corrected chi connectivity index (χ0v) is 13.2. The molecule has 2 aliphatic heterocycles. The van der Waals surface area contributed by atoms with Gasteiger partial charge in [0.25, 0.3) is 5.91 Å². The molecule has 0 saturated carbocycles. The SMILES string of the molecule is O=C(NCc1ccco1)C1=NN([C@H]2CCS(=O)(=O)C2)C(=O)CC1. The Morgan fingerprint density at radius 2 is 2.26 bits per heavy atom. The van der Waals surface area contributed by atoms with Crippen LogP contribution < -0.4 is 5.32 Å². The minimum absolute atomic E-state index is 0.0526. The zero-order chi connectivity index (χ0) is 16.4. The lowest BCUT2D eigenvalue weighted by atomic mass is 10.1. The Bertz CT molecular complexity index is 738. The molecule has 2 amide bonds. The smallest absolute Gasteiger partial charge is 0.267 e. The standard InChI is InChI=1S/C14H17N3O5S/c18-13-4-3-12(14(19)15-8-11-2-1-6-22-11)16-17(13)10-5-7-23(20,21)9-10/h1-2,6,10H,3-5,7-9H2,(H,15,19)/t10-/m0/s1. The number of hydrogen-bond donors (Lipinski definition) is 1. The number of furan rings is 1. The summed E-state index contributed by atoms with van der Waals surface area (Å²) in [4.78, 5) is 24.1. The van der Waals surface area contributed by atoms with Crippen LogP contribution in [-0.2, 0) is 26.0 Å². The Balaban J connectivity index is 1.68. The average molecular weight is 339 g/mol. The van der Waals surface area contributed by atoms with Crippen molar-refractivity contribution >= 4 is 27.4 Å². The van der Waals surface area contributed by atoms with E-state index in [0.717, 1.165) is 0 Å². The highest BCUT2D eigenvalue weighted by Gasteiger charge is 2.37. The van der Waals surface area contributed by atoms with Crippen LogP contribution in [0.15, 0.2) is 27.9 Å². The van der Waals surface area contributed by atoms with Crippen LogP contribution >= 0.6 is 0 Å². The summed E-state index contributed by atoms with van der Waals surface area (Å²) in [6.45, 7) is 0.233. The quantitative estimate of drug-likeness (QED) is 0.834. The molecule has 1 fully saturated rings. The number of rotatable bonds is 4. The van der Waals surface area contributed by atoms with Gasteiger partial charge in [0.05, 0.1) is 30.4 Å². The van der Waals surface area contributed by atoms with Gasteiger partial charge >= 0.3 is 0 Å². The third kappa shape index (κ3) is 3.61. The van der Waals surface area contributed by atoms with E-state index in [-0.39, 0.29) is 48.4 Å². The molecule has 23 heavy (non-hydrogen) atoms. The summed E-state index contributed by atoms with van der Waals surface area (Å²) in [6, 6.07) is 2.99. The van der Waals surface area contributed by atoms with E-state index in [1.807, 2.05) is 0 Å². The van der Waals surface area contributed by atoms with Crippen LogP contribution in [0.5, 0.6) is 0 Å². The van der Waals surface area contributed by atoms with Crippen LogP contribution in [0, 0.1) is 0 Å². The predicted octanol–water partition coefficient (Wildman–Crippen LogP) is 0.0613. The van der Waals surface area contributed by atoms with Crippen molar-refractivity contribution < 1.29 is 22.4 Å². The molecule has 0 spiro atoms. The van der Waals surface area contributed by atoms with Crippen molar-refractivity contribution in [3.63, 3.8) is 0 Å². The summed E-state index contributed by atoms with van der Waals surface area (Å²) in [5, 5.41) is 7.96. The van der Waals surface area contributed by atoms with Crippen molar-refractivity contribution in [2.24, 2.45) is 5.10 Å². The summed E-state index contributed by atoms with van der Waals surface area (Å²) in [5.41, 5.74) is 0.237. The third-order valence-electron chi connectivity index (χ3n) is 3.88. The Hall–Kier alpha value is -2.16. The maximum Gasteiger partial charge on any atom is 0.267 e. The lowest BCUT2D eigenvalue weighted by Crippen LogP contribution is -2.43. The van der Waals surface area contributed by atoms with Crippen LogP contribution in [-0.4, -0.2) is 48.5 Å². The summed E-state index contributed by atoms with van der Waals surface area (Å²) in [5.74, 6) is -0.0421. The van der Waals surface area contributed by atoms with Crippen molar-refractivity contribution in [1.82, 2.24) is 10.3 Å². The lowest BCUT2D eigenvalue weighted by molar-refractivity contribution is -0.133. The van der Waals surface area contributed by atoms with Gasteiger partial charge in [-0.25, -0.2) is 13.4 Å². The molecule has 1 saturated heterocycles. The second-order valence-corrected chi connectivity index (χ2v) is 7.83.